The zero-order chi connectivity index (χ0) is 21.7. The van der Waals surface area contributed by atoms with Crippen LogP contribution in [0.4, 0.5) is 23.2 Å². The third-order valence-electron chi connectivity index (χ3n) is 3.97. The van der Waals surface area contributed by atoms with Crippen LogP contribution in [0.2, 0.25) is 0 Å². The number of esters is 1. The Hall–Kier alpha value is -3.20. The Morgan fingerprint density at radius 3 is 2.45 bits per heavy atom. The third kappa shape index (κ3) is 4.80. The van der Waals surface area contributed by atoms with Gasteiger partial charge in [-0.1, -0.05) is 0 Å². The zero-order valence-electron chi connectivity index (χ0n) is 15.5. The standard InChI is InChI=1S/C20H17F4NO4/c1-3-29-20(28)14(8-25-16-5-4-12(21)6-11(16)9-26)19(27)13-7-15(22)18(24)10(2)17(13)23/h4-8,25-26H,3,9H2,1-2H3/b14-8-. The molecule has 0 bridgehead atoms. The maximum absolute atomic E-state index is 14.3. The molecule has 0 saturated heterocycles. The van der Waals surface area contributed by atoms with E-state index < -0.39 is 58.3 Å². The van der Waals surface area contributed by atoms with Crippen molar-refractivity contribution < 1.29 is 37.0 Å². The van der Waals surface area contributed by atoms with E-state index in [1.165, 1.54) is 13.0 Å². The molecule has 0 aromatic heterocycles. The van der Waals surface area contributed by atoms with Crippen molar-refractivity contribution >= 4 is 17.4 Å². The van der Waals surface area contributed by atoms with Gasteiger partial charge in [-0.15, -0.1) is 0 Å². The van der Waals surface area contributed by atoms with E-state index >= 15 is 0 Å². The minimum absolute atomic E-state index is 0.110. The third-order valence-corrected chi connectivity index (χ3v) is 3.97. The van der Waals surface area contributed by atoms with Gasteiger partial charge in [0.25, 0.3) is 0 Å². The summed E-state index contributed by atoms with van der Waals surface area (Å²) in [4.78, 5) is 24.9. The molecule has 0 fully saturated rings. The molecule has 0 amide bonds. The van der Waals surface area contributed by atoms with Crippen LogP contribution in [0.25, 0.3) is 0 Å². The molecule has 0 radical (unpaired) electrons. The molecule has 29 heavy (non-hydrogen) atoms. The molecule has 0 atom stereocenters. The van der Waals surface area contributed by atoms with Gasteiger partial charge in [-0.25, -0.2) is 22.4 Å². The number of benzene rings is 2. The quantitative estimate of drug-likeness (QED) is 0.138. The van der Waals surface area contributed by atoms with E-state index in [2.05, 4.69) is 5.32 Å². The average Bonchev–Trinajstić information content (AvgIpc) is 2.70. The van der Waals surface area contributed by atoms with Crippen molar-refractivity contribution in [2.45, 2.75) is 20.5 Å². The lowest BCUT2D eigenvalue weighted by atomic mass is 10.0. The van der Waals surface area contributed by atoms with Crippen molar-refractivity contribution in [1.82, 2.24) is 0 Å². The fraction of sp³-hybridized carbons (Fsp3) is 0.200. The van der Waals surface area contributed by atoms with Gasteiger partial charge in [0.05, 0.1) is 18.8 Å². The number of carbonyl (C=O) groups excluding carboxylic acids is 2. The van der Waals surface area contributed by atoms with E-state index in [1.807, 2.05) is 0 Å². The molecule has 5 nitrogen and oxygen atoms in total. The number of Topliss-reactive ketones (excluding diaryl/α,β-unsaturated/α-hetero) is 1. The Morgan fingerprint density at radius 1 is 1.14 bits per heavy atom. The lowest BCUT2D eigenvalue weighted by Gasteiger charge is -2.12. The summed E-state index contributed by atoms with van der Waals surface area (Å²) < 4.78 is 59.5. The number of nitrogens with one attached hydrogen (secondary N) is 1. The zero-order valence-corrected chi connectivity index (χ0v) is 15.5. The number of aliphatic hydroxyl groups is 1. The Balaban J connectivity index is 2.50. The molecule has 0 saturated carbocycles. The molecule has 2 rings (SSSR count). The normalized spacial score (nSPS) is 11.3. The highest BCUT2D eigenvalue weighted by Gasteiger charge is 2.27. The van der Waals surface area contributed by atoms with Crippen molar-refractivity contribution in [2.24, 2.45) is 0 Å². The minimum atomic E-state index is -1.45. The number of aliphatic hydroxyl groups excluding tert-OH is 1. The van der Waals surface area contributed by atoms with Gasteiger partial charge in [-0.3, -0.25) is 4.79 Å². The van der Waals surface area contributed by atoms with E-state index in [0.717, 1.165) is 25.3 Å². The summed E-state index contributed by atoms with van der Waals surface area (Å²) in [6, 6.07) is 3.69. The van der Waals surface area contributed by atoms with Crippen LogP contribution in [0.5, 0.6) is 0 Å². The number of carbonyl (C=O) groups is 2. The number of halogens is 4. The molecule has 0 aliphatic heterocycles. The molecule has 2 aromatic rings. The Labute approximate surface area is 163 Å². The number of hydrogen-bond donors (Lipinski definition) is 2. The molecule has 0 aliphatic rings. The molecule has 0 aliphatic carbocycles. The van der Waals surface area contributed by atoms with Gasteiger partial charge >= 0.3 is 5.97 Å². The number of hydrogen-bond acceptors (Lipinski definition) is 5. The summed E-state index contributed by atoms with van der Waals surface area (Å²) in [7, 11) is 0. The number of rotatable bonds is 7. The van der Waals surface area contributed by atoms with E-state index in [1.54, 1.807) is 0 Å². The van der Waals surface area contributed by atoms with Gasteiger partial charge < -0.3 is 15.2 Å². The smallest absolute Gasteiger partial charge is 0.343 e. The van der Waals surface area contributed by atoms with Crippen LogP contribution < -0.4 is 5.32 Å². The number of ketones is 1. The van der Waals surface area contributed by atoms with Crippen LogP contribution in [0.15, 0.2) is 36.0 Å². The molecule has 2 N–H and O–H groups in total. The van der Waals surface area contributed by atoms with Crippen molar-refractivity contribution in [1.29, 1.82) is 0 Å². The fourth-order valence-electron chi connectivity index (χ4n) is 2.45. The van der Waals surface area contributed by atoms with Crippen molar-refractivity contribution in [3.8, 4) is 0 Å². The van der Waals surface area contributed by atoms with Crippen LogP contribution >= 0.6 is 0 Å². The van der Waals surface area contributed by atoms with Gasteiger partial charge in [0.15, 0.2) is 11.6 Å². The predicted octanol–water partition coefficient (Wildman–Crippen LogP) is 3.79. The molecule has 154 valence electrons. The maximum atomic E-state index is 14.3. The Bertz CT molecular complexity index is 989. The van der Waals surface area contributed by atoms with Crippen LogP contribution in [0.3, 0.4) is 0 Å². The van der Waals surface area contributed by atoms with Crippen LogP contribution in [0, 0.1) is 30.2 Å². The molecule has 2 aromatic carbocycles. The van der Waals surface area contributed by atoms with Gasteiger partial charge in [0, 0.05) is 23.0 Å². The Morgan fingerprint density at radius 2 is 1.83 bits per heavy atom. The predicted molar refractivity (Wildman–Crippen MR) is 96.0 cm³/mol. The first kappa shape index (κ1) is 22.1. The average molecular weight is 411 g/mol. The lowest BCUT2D eigenvalue weighted by Crippen LogP contribution is -2.19. The van der Waals surface area contributed by atoms with E-state index in [-0.39, 0.29) is 17.9 Å². The minimum Gasteiger partial charge on any atom is -0.462 e. The van der Waals surface area contributed by atoms with Gasteiger partial charge in [-0.2, -0.15) is 0 Å². The molecule has 0 spiro atoms. The number of ether oxygens (including phenoxy) is 1. The van der Waals surface area contributed by atoms with Crippen molar-refractivity contribution in [2.75, 3.05) is 11.9 Å². The second-order valence-corrected chi connectivity index (χ2v) is 5.87. The van der Waals surface area contributed by atoms with E-state index in [4.69, 9.17) is 4.74 Å². The van der Waals surface area contributed by atoms with Gasteiger partial charge in [0.2, 0.25) is 5.78 Å². The van der Waals surface area contributed by atoms with Gasteiger partial charge in [-0.05, 0) is 38.1 Å². The summed E-state index contributed by atoms with van der Waals surface area (Å²) in [5.41, 5.74) is -2.00. The molecule has 0 heterocycles. The second kappa shape index (κ2) is 9.33. The maximum Gasteiger partial charge on any atom is 0.343 e. The molecular formula is C20H17F4NO4. The summed E-state index contributed by atoms with van der Waals surface area (Å²) in [6.07, 6.45) is 0.864. The Kier molecular flexibility index (Phi) is 7.11. The monoisotopic (exact) mass is 411 g/mol. The van der Waals surface area contributed by atoms with Crippen molar-refractivity contribution in [3.05, 3.63) is 76.0 Å². The summed E-state index contributed by atoms with van der Waals surface area (Å²) in [5.74, 6) is -7.23. The molecule has 0 unspecified atom stereocenters. The van der Waals surface area contributed by atoms with Crippen molar-refractivity contribution in [3.63, 3.8) is 0 Å². The SMILES string of the molecule is CCOC(=O)/C(=C\Nc1ccc(F)cc1CO)C(=O)c1cc(F)c(F)c(C)c1F. The topological polar surface area (TPSA) is 75.6 Å². The molecule has 9 heteroatoms. The summed E-state index contributed by atoms with van der Waals surface area (Å²) >= 11 is 0. The molecular weight excluding hydrogens is 394 g/mol. The van der Waals surface area contributed by atoms with Gasteiger partial charge in [0.1, 0.15) is 17.2 Å². The van der Waals surface area contributed by atoms with Crippen LogP contribution in [-0.2, 0) is 16.1 Å². The highest BCUT2D eigenvalue weighted by atomic mass is 19.2. The van der Waals surface area contributed by atoms with Crippen LogP contribution in [-0.4, -0.2) is 23.5 Å². The summed E-state index contributed by atoms with van der Waals surface area (Å²) in [5, 5.41) is 11.8. The number of anilines is 1. The second-order valence-electron chi connectivity index (χ2n) is 5.87. The van der Waals surface area contributed by atoms with E-state index in [9.17, 15) is 32.3 Å². The first-order valence-electron chi connectivity index (χ1n) is 8.43. The summed E-state index contributed by atoms with van der Waals surface area (Å²) in [6.45, 7) is 1.76. The first-order valence-corrected chi connectivity index (χ1v) is 8.43. The van der Waals surface area contributed by atoms with Crippen LogP contribution in [0.1, 0.15) is 28.4 Å². The highest BCUT2D eigenvalue weighted by Crippen LogP contribution is 2.23. The highest BCUT2D eigenvalue weighted by molar-refractivity contribution is 6.24. The first-order chi connectivity index (χ1) is 13.7. The fourth-order valence-corrected chi connectivity index (χ4v) is 2.45. The van der Waals surface area contributed by atoms with E-state index in [0.29, 0.717) is 6.07 Å². The lowest BCUT2D eigenvalue weighted by molar-refractivity contribution is -0.138. The largest absolute Gasteiger partial charge is 0.462 e.